The van der Waals surface area contributed by atoms with Gasteiger partial charge in [-0.25, -0.2) is 0 Å². The minimum Gasteiger partial charge on any atom is -0.423 e. The fraction of sp³-hybridized carbons (Fsp3) is 0.417. The standard InChI is InChI=1S/C12H17N5O/c1-3-5-13-8-10-7-11(4-6-14-10)18-12-15-9-17(2)16-12/h4,6-7,9,13H,3,5,8H2,1-2H3. The highest BCUT2D eigenvalue weighted by molar-refractivity contribution is 5.25. The molecule has 6 nitrogen and oxygen atoms in total. The molecule has 2 aromatic heterocycles. The van der Waals surface area contributed by atoms with Crippen LogP contribution in [-0.2, 0) is 13.6 Å². The maximum atomic E-state index is 5.54. The molecular weight excluding hydrogens is 230 g/mol. The first-order valence-electron chi connectivity index (χ1n) is 5.97. The van der Waals surface area contributed by atoms with Gasteiger partial charge in [-0.15, -0.1) is 5.10 Å². The molecule has 0 atom stereocenters. The molecule has 0 aromatic carbocycles. The van der Waals surface area contributed by atoms with E-state index < -0.39 is 0 Å². The van der Waals surface area contributed by atoms with Gasteiger partial charge in [0.1, 0.15) is 12.1 Å². The van der Waals surface area contributed by atoms with Crippen LogP contribution in [0.25, 0.3) is 0 Å². The number of aromatic nitrogens is 4. The van der Waals surface area contributed by atoms with Crippen LogP contribution in [0.3, 0.4) is 0 Å². The lowest BCUT2D eigenvalue weighted by Gasteiger charge is -2.05. The zero-order chi connectivity index (χ0) is 12.8. The van der Waals surface area contributed by atoms with E-state index in [-0.39, 0.29) is 0 Å². The number of ether oxygens (including phenoxy) is 1. The fourth-order valence-electron chi connectivity index (χ4n) is 1.48. The summed E-state index contributed by atoms with van der Waals surface area (Å²) in [5.41, 5.74) is 0.942. The Bertz CT molecular complexity index is 497. The highest BCUT2D eigenvalue weighted by Crippen LogP contribution is 2.17. The summed E-state index contributed by atoms with van der Waals surface area (Å²) in [6.07, 6.45) is 4.43. The maximum Gasteiger partial charge on any atom is 0.340 e. The van der Waals surface area contributed by atoms with Crippen LogP contribution in [0.5, 0.6) is 11.8 Å². The van der Waals surface area contributed by atoms with Gasteiger partial charge in [0.05, 0.1) is 5.69 Å². The van der Waals surface area contributed by atoms with E-state index in [1.54, 1.807) is 30.3 Å². The van der Waals surface area contributed by atoms with Crippen LogP contribution in [0.1, 0.15) is 19.0 Å². The van der Waals surface area contributed by atoms with E-state index in [0.29, 0.717) is 11.8 Å². The van der Waals surface area contributed by atoms with Crippen molar-refractivity contribution in [3.63, 3.8) is 0 Å². The number of rotatable bonds is 6. The van der Waals surface area contributed by atoms with Crippen molar-refractivity contribution in [2.75, 3.05) is 6.54 Å². The summed E-state index contributed by atoms with van der Waals surface area (Å²) < 4.78 is 7.13. The fourth-order valence-corrected chi connectivity index (χ4v) is 1.48. The molecule has 96 valence electrons. The van der Waals surface area contributed by atoms with Crippen molar-refractivity contribution in [3.05, 3.63) is 30.4 Å². The van der Waals surface area contributed by atoms with Gasteiger partial charge >= 0.3 is 6.01 Å². The number of hydrogen-bond acceptors (Lipinski definition) is 5. The zero-order valence-electron chi connectivity index (χ0n) is 10.6. The highest BCUT2D eigenvalue weighted by atomic mass is 16.5. The Kier molecular flexibility index (Phi) is 4.25. The van der Waals surface area contributed by atoms with E-state index in [1.807, 2.05) is 6.07 Å². The van der Waals surface area contributed by atoms with Crippen LogP contribution in [0, 0.1) is 0 Å². The quantitative estimate of drug-likeness (QED) is 0.784. The first kappa shape index (κ1) is 12.5. The Morgan fingerprint density at radius 3 is 3.00 bits per heavy atom. The van der Waals surface area contributed by atoms with Crippen molar-refractivity contribution in [1.82, 2.24) is 25.1 Å². The molecule has 0 amide bonds. The second kappa shape index (κ2) is 6.11. The summed E-state index contributed by atoms with van der Waals surface area (Å²) >= 11 is 0. The molecule has 0 fully saturated rings. The van der Waals surface area contributed by atoms with E-state index in [1.165, 1.54) is 0 Å². The number of nitrogens with one attached hydrogen (secondary N) is 1. The molecule has 0 bridgehead atoms. The van der Waals surface area contributed by atoms with Gasteiger partial charge in [-0.05, 0) is 19.0 Å². The molecule has 0 aliphatic heterocycles. The van der Waals surface area contributed by atoms with Gasteiger partial charge in [-0.2, -0.15) is 4.98 Å². The number of nitrogens with zero attached hydrogens (tertiary/aromatic N) is 4. The Morgan fingerprint density at radius 2 is 2.28 bits per heavy atom. The summed E-state index contributed by atoms with van der Waals surface area (Å²) in [4.78, 5) is 8.28. The Morgan fingerprint density at radius 1 is 1.39 bits per heavy atom. The lowest BCUT2D eigenvalue weighted by Crippen LogP contribution is -2.14. The molecule has 2 rings (SSSR count). The van der Waals surface area contributed by atoms with E-state index in [2.05, 4.69) is 27.3 Å². The van der Waals surface area contributed by atoms with Crippen LogP contribution in [0.15, 0.2) is 24.7 Å². The second-order valence-corrected chi connectivity index (χ2v) is 3.96. The first-order chi connectivity index (χ1) is 8.78. The SMILES string of the molecule is CCCNCc1cc(Oc2ncn(C)n2)ccn1. The zero-order valence-corrected chi connectivity index (χ0v) is 10.6. The third-order valence-electron chi connectivity index (χ3n) is 2.31. The molecule has 6 heteroatoms. The minimum absolute atomic E-state index is 0.344. The Balaban J connectivity index is 1.98. The highest BCUT2D eigenvalue weighted by Gasteiger charge is 2.03. The molecule has 2 heterocycles. The van der Waals surface area contributed by atoms with Crippen LogP contribution in [0.2, 0.25) is 0 Å². The third kappa shape index (κ3) is 3.53. The van der Waals surface area contributed by atoms with Crippen LogP contribution >= 0.6 is 0 Å². The van der Waals surface area contributed by atoms with Gasteiger partial charge in [0, 0.05) is 25.9 Å². The summed E-state index contributed by atoms with van der Waals surface area (Å²) in [7, 11) is 1.80. The summed E-state index contributed by atoms with van der Waals surface area (Å²) in [6, 6.07) is 4.02. The number of pyridine rings is 1. The monoisotopic (exact) mass is 247 g/mol. The van der Waals surface area contributed by atoms with Crippen molar-refractivity contribution in [2.45, 2.75) is 19.9 Å². The Labute approximate surface area is 106 Å². The predicted molar refractivity (Wildman–Crippen MR) is 67.3 cm³/mol. The van der Waals surface area contributed by atoms with Crippen molar-refractivity contribution >= 4 is 0 Å². The van der Waals surface area contributed by atoms with Gasteiger partial charge in [-0.3, -0.25) is 9.67 Å². The van der Waals surface area contributed by atoms with Crippen molar-refractivity contribution in [1.29, 1.82) is 0 Å². The summed E-state index contributed by atoms with van der Waals surface area (Å²) in [6.45, 7) is 3.85. The number of hydrogen-bond donors (Lipinski definition) is 1. The largest absolute Gasteiger partial charge is 0.423 e. The van der Waals surface area contributed by atoms with E-state index >= 15 is 0 Å². The van der Waals surface area contributed by atoms with Crippen molar-refractivity contribution < 1.29 is 4.74 Å². The van der Waals surface area contributed by atoms with Crippen LogP contribution < -0.4 is 10.1 Å². The average Bonchev–Trinajstić information content (AvgIpc) is 2.76. The molecule has 0 saturated carbocycles. The van der Waals surface area contributed by atoms with E-state index in [4.69, 9.17) is 4.74 Å². The van der Waals surface area contributed by atoms with Crippen LogP contribution in [-0.4, -0.2) is 26.3 Å². The summed E-state index contributed by atoms with van der Waals surface area (Å²) in [5.74, 6) is 0.699. The van der Waals surface area contributed by atoms with Gasteiger partial charge in [0.25, 0.3) is 0 Å². The molecule has 0 saturated heterocycles. The maximum absolute atomic E-state index is 5.54. The molecule has 2 aromatic rings. The molecule has 0 aliphatic carbocycles. The summed E-state index contributed by atoms with van der Waals surface area (Å²) in [5, 5.41) is 7.35. The smallest absolute Gasteiger partial charge is 0.340 e. The molecule has 0 aliphatic rings. The minimum atomic E-state index is 0.344. The second-order valence-electron chi connectivity index (χ2n) is 3.96. The lowest BCUT2D eigenvalue weighted by molar-refractivity contribution is 0.437. The lowest BCUT2D eigenvalue weighted by atomic mass is 10.3. The predicted octanol–water partition coefficient (Wildman–Crippen LogP) is 1.50. The molecule has 18 heavy (non-hydrogen) atoms. The van der Waals surface area contributed by atoms with Gasteiger partial charge in [0.15, 0.2) is 0 Å². The normalized spacial score (nSPS) is 10.6. The van der Waals surface area contributed by atoms with Gasteiger partial charge in [0.2, 0.25) is 0 Å². The average molecular weight is 247 g/mol. The van der Waals surface area contributed by atoms with Crippen molar-refractivity contribution in [2.24, 2.45) is 7.05 Å². The topological polar surface area (TPSA) is 64.9 Å². The van der Waals surface area contributed by atoms with Gasteiger partial charge in [-0.1, -0.05) is 6.92 Å². The molecule has 0 radical (unpaired) electrons. The van der Waals surface area contributed by atoms with Crippen LogP contribution in [0.4, 0.5) is 0 Å². The molecule has 0 unspecified atom stereocenters. The van der Waals surface area contributed by atoms with E-state index in [0.717, 1.165) is 25.2 Å². The van der Waals surface area contributed by atoms with E-state index in [9.17, 15) is 0 Å². The third-order valence-corrected chi connectivity index (χ3v) is 2.31. The number of aryl methyl sites for hydroxylation is 1. The molecular formula is C12H17N5O. The molecule has 0 spiro atoms. The first-order valence-corrected chi connectivity index (χ1v) is 5.97. The molecule has 1 N–H and O–H groups in total. The van der Waals surface area contributed by atoms with Gasteiger partial charge < -0.3 is 10.1 Å². The van der Waals surface area contributed by atoms with Crippen molar-refractivity contribution in [3.8, 4) is 11.8 Å². The Hall–Kier alpha value is -1.95.